The molecule has 1 aliphatic rings. The standard InChI is InChI=1S/C19H23NO2/c1-3-4-8-14-20(17-11-6-5-7-12-17)19(21)16-10-9-13-18(15-16)22-2/h3-7,11-13,15H,8-10,14H2,1-2H3/b4-3+. The molecule has 116 valence electrons. The maximum Gasteiger partial charge on any atom is 0.254 e. The van der Waals surface area contributed by atoms with Gasteiger partial charge >= 0.3 is 0 Å². The molecule has 0 fully saturated rings. The van der Waals surface area contributed by atoms with Gasteiger partial charge in [-0.1, -0.05) is 30.4 Å². The molecule has 3 nitrogen and oxygen atoms in total. The summed E-state index contributed by atoms with van der Waals surface area (Å²) in [5.41, 5.74) is 1.75. The Hall–Kier alpha value is -2.29. The molecule has 0 aromatic heterocycles. The molecule has 1 aliphatic carbocycles. The first-order valence-electron chi connectivity index (χ1n) is 7.69. The van der Waals surface area contributed by atoms with Crippen LogP contribution in [0.2, 0.25) is 0 Å². The highest BCUT2D eigenvalue weighted by molar-refractivity contribution is 6.06. The molecule has 0 unspecified atom stereocenters. The topological polar surface area (TPSA) is 29.5 Å². The molecule has 1 aromatic rings. The van der Waals surface area contributed by atoms with E-state index in [1.165, 1.54) is 0 Å². The highest BCUT2D eigenvalue weighted by Crippen LogP contribution is 2.23. The van der Waals surface area contributed by atoms with Gasteiger partial charge in [0.1, 0.15) is 5.76 Å². The number of para-hydroxylation sites is 1. The third-order valence-corrected chi connectivity index (χ3v) is 3.65. The fourth-order valence-electron chi connectivity index (χ4n) is 2.48. The van der Waals surface area contributed by atoms with Crippen molar-refractivity contribution in [2.75, 3.05) is 18.6 Å². The molecule has 0 aliphatic heterocycles. The minimum Gasteiger partial charge on any atom is -0.497 e. The van der Waals surface area contributed by atoms with E-state index < -0.39 is 0 Å². The van der Waals surface area contributed by atoms with Gasteiger partial charge in [-0.3, -0.25) is 4.79 Å². The van der Waals surface area contributed by atoms with Crippen molar-refractivity contribution in [3.05, 3.63) is 66.0 Å². The molecule has 0 saturated heterocycles. The molecule has 0 spiro atoms. The number of nitrogens with zero attached hydrogens (tertiary/aromatic N) is 1. The Bertz CT molecular complexity index is 585. The zero-order valence-corrected chi connectivity index (χ0v) is 13.3. The Balaban J connectivity index is 2.22. The highest BCUT2D eigenvalue weighted by Gasteiger charge is 2.21. The predicted octanol–water partition coefficient (Wildman–Crippen LogP) is 4.24. The number of methoxy groups -OCH3 is 1. The van der Waals surface area contributed by atoms with Gasteiger partial charge in [0.25, 0.3) is 5.91 Å². The second-order valence-corrected chi connectivity index (χ2v) is 5.17. The largest absolute Gasteiger partial charge is 0.497 e. The minimum atomic E-state index is 0.0679. The summed E-state index contributed by atoms with van der Waals surface area (Å²) in [6.07, 6.45) is 10.4. The Labute approximate surface area is 132 Å². The molecule has 0 N–H and O–H groups in total. The molecular formula is C19H23NO2. The summed E-state index contributed by atoms with van der Waals surface area (Å²) in [4.78, 5) is 14.8. The van der Waals surface area contributed by atoms with Crippen molar-refractivity contribution < 1.29 is 9.53 Å². The third kappa shape index (κ3) is 4.10. The monoisotopic (exact) mass is 297 g/mol. The fourth-order valence-corrected chi connectivity index (χ4v) is 2.48. The first-order valence-corrected chi connectivity index (χ1v) is 7.69. The van der Waals surface area contributed by atoms with E-state index in [0.29, 0.717) is 6.54 Å². The van der Waals surface area contributed by atoms with Crippen LogP contribution in [0.5, 0.6) is 0 Å². The number of amides is 1. The minimum absolute atomic E-state index is 0.0679. The van der Waals surface area contributed by atoms with Gasteiger partial charge in [-0.05, 0) is 50.5 Å². The van der Waals surface area contributed by atoms with Crippen LogP contribution in [-0.4, -0.2) is 19.6 Å². The summed E-state index contributed by atoms with van der Waals surface area (Å²) in [6, 6.07) is 9.83. The summed E-state index contributed by atoms with van der Waals surface area (Å²) in [7, 11) is 1.64. The molecule has 1 amide bonds. The van der Waals surface area contributed by atoms with Gasteiger partial charge in [-0.15, -0.1) is 0 Å². The van der Waals surface area contributed by atoms with Crippen molar-refractivity contribution in [2.24, 2.45) is 0 Å². The second-order valence-electron chi connectivity index (χ2n) is 5.17. The van der Waals surface area contributed by atoms with Crippen LogP contribution in [0.3, 0.4) is 0 Å². The van der Waals surface area contributed by atoms with E-state index in [0.717, 1.165) is 36.3 Å². The number of carbonyl (C=O) groups is 1. The average Bonchev–Trinajstić information content (AvgIpc) is 2.59. The second kappa shape index (κ2) is 8.23. The molecule has 0 saturated carbocycles. The number of hydrogen-bond donors (Lipinski definition) is 0. The summed E-state index contributed by atoms with van der Waals surface area (Å²) < 4.78 is 5.26. The lowest BCUT2D eigenvalue weighted by Crippen LogP contribution is -2.33. The predicted molar refractivity (Wildman–Crippen MR) is 90.6 cm³/mol. The summed E-state index contributed by atoms with van der Waals surface area (Å²) in [6.45, 7) is 2.67. The van der Waals surface area contributed by atoms with Gasteiger partial charge in [-0.25, -0.2) is 0 Å². The Morgan fingerprint density at radius 3 is 2.77 bits per heavy atom. The zero-order valence-electron chi connectivity index (χ0n) is 13.3. The van der Waals surface area contributed by atoms with E-state index in [1.807, 2.05) is 60.4 Å². The van der Waals surface area contributed by atoms with Crippen molar-refractivity contribution in [1.29, 1.82) is 0 Å². The number of ether oxygens (including phenoxy) is 1. The van der Waals surface area contributed by atoms with Crippen LogP contribution >= 0.6 is 0 Å². The Morgan fingerprint density at radius 2 is 2.09 bits per heavy atom. The molecule has 2 rings (SSSR count). The van der Waals surface area contributed by atoms with Gasteiger partial charge < -0.3 is 9.64 Å². The first kappa shape index (κ1) is 16.1. The van der Waals surface area contributed by atoms with Crippen LogP contribution in [-0.2, 0) is 9.53 Å². The maximum atomic E-state index is 12.9. The molecular weight excluding hydrogens is 274 g/mol. The number of rotatable bonds is 6. The van der Waals surface area contributed by atoms with Gasteiger partial charge in [-0.2, -0.15) is 0 Å². The first-order chi connectivity index (χ1) is 10.8. The van der Waals surface area contributed by atoms with Crippen LogP contribution < -0.4 is 4.90 Å². The van der Waals surface area contributed by atoms with Crippen LogP contribution in [0.25, 0.3) is 0 Å². The normalized spacial score (nSPS) is 14.5. The number of benzene rings is 1. The molecule has 3 heteroatoms. The average molecular weight is 297 g/mol. The quantitative estimate of drug-likeness (QED) is 0.735. The fraction of sp³-hybridized carbons (Fsp3) is 0.316. The van der Waals surface area contributed by atoms with E-state index in [2.05, 4.69) is 6.08 Å². The SMILES string of the molecule is C/C=C/CCN(C(=O)C1=CC(OC)=CCC1)c1ccccc1. The van der Waals surface area contributed by atoms with Gasteiger partial charge in [0.2, 0.25) is 0 Å². The van der Waals surface area contributed by atoms with Gasteiger partial charge in [0.15, 0.2) is 0 Å². The van der Waals surface area contributed by atoms with Gasteiger partial charge in [0.05, 0.1) is 7.11 Å². The summed E-state index contributed by atoms with van der Waals surface area (Å²) in [5.74, 6) is 0.842. The van der Waals surface area contributed by atoms with E-state index in [9.17, 15) is 4.79 Å². The Kier molecular flexibility index (Phi) is 6.01. The van der Waals surface area contributed by atoms with Crippen LogP contribution in [0, 0.1) is 0 Å². The maximum absolute atomic E-state index is 12.9. The lowest BCUT2D eigenvalue weighted by Gasteiger charge is -2.25. The zero-order chi connectivity index (χ0) is 15.8. The van der Waals surface area contributed by atoms with Crippen molar-refractivity contribution in [3.63, 3.8) is 0 Å². The highest BCUT2D eigenvalue weighted by atomic mass is 16.5. The van der Waals surface area contributed by atoms with Crippen LogP contribution in [0.1, 0.15) is 26.2 Å². The summed E-state index contributed by atoms with van der Waals surface area (Å²) in [5, 5.41) is 0. The molecule has 0 atom stereocenters. The molecule has 1 aromatic carbocycles. The number of anilines is 1. The van der Waals surface area contributed by atoms with Gasteiger partial charge in [0, 0.05) is 17.8 Å². The number of allylic oxidation sites excluding steroid dienone is 3. The van der Waals surface area contributed by atoms with E-state index in [1.54, 1.807) is 7.11 Å². The van der Waals surface area contributed by atoms with Crippen molar-refractivity contribution in [1.82, 2.24) is 0 Å². The van der Waals surface area contributed by atoms with E-state index >= 15 is 0 Å². The van der Waals surface area contributed by atoms with Crippen molar-refractivity contribution in [3.8, 4) is 0 Å². The molecule has 22 heavy (non-hydrogen) atoms. The van der Waals surface area contributed by atoms with Crippen molar-refractivity contribution in [2.45, 2.75) is 26.2 Å². The smallest absolute Gasteiger partial charge is 0.254 e. The lowest BCUT2D eigenvalue weighted by molar-refractivity contribution is -0.115. The number of carbonyl (C=O) groups excluding carboxylic acids is 1. The van der Waals surface area contributed by atoms with Crippen molar-refractivity contribution >= 4 is 11.6 Å². The van der Waals surface area contributed by atoms with E-state index in [4.69, 9.17) is 4.74 Å². The molecule has 0 bridgehead atoms. The van der Waals surface area contributed by atoms with Crippen LogP contribution in [0.4, 0.5) is 5.69 Å². The molecule has 0 radical (unpaired) electrons. The third-order valence-electron chi connectivity index (χ3n) is 3.65. The summed E-state index contributed by atoms with van der Waals surface area (Å²) >= 11 is 0. The lowest BCUT2D eigenvalue weighted by atomic mass is 10.0. The van der Waals surface area contributed by atoms with Crippen LogP contribution in [0.15, 0.2) is 66.0 Å². The van der Waals surface area contributed by atoms with E-state index in [-0.39, 0.29) is 5.91 Å². The number of hydrogen-bond acceptors (Lipinski definition) is 2. The molecule has 0 heterocycles. The Morgan fingerprint density at radius 1 is 1.32 bits per heavy atom.